The third-order valence-electron chi connectivity index (χ3n) is 5.28. The van der Waals surface area contributed by atoms with Gasteiger partial charge in [0, 0.05) is 57.4 Å². The number of piperidine rings is 2. The lowest BCUT2D eigenvalue weighted by molar-refractivity contribution is -0.138. The Balaban J connectivity index is 1.71. The topological polar surface area (TPSA) is 81.6 Å². The first kappa shape index (κ1) is 17.9. The van der Waals surface area contributed by atoms with Crippen molar-refractivity contribution in [2.24, 2.45) is 5.41 Å². The quantitative estimate of drug-likeness (QED) is 0.812. The number of aromatic nitrogens is 2. The van der Waals surface area contributed by atoms with Gasteiger partial charge in [-0.3, -0.25) is 4.79 Å². The maximum Gasteiger partial charge on any atom is 0.227 e. The van der Waals surface area contributed by atoms with Gasteiger partial charge in [-0.1, -0.05) is 0 Å². The van der Waals surface area contributed by atoms with Crippen molar-refractivity contribution in [3.8, 4) is 0 Å². The Morgan fingerprint density at radius 2 is 2.24 bits per heavy atom. The van der Waals surface area contributed by atoms with Crippen molar-refractivity contribution in [1.82, 2.24) is 14.9 Å². The third kappa shape index (κ3) is 4.21. The molecule has 1 spiro atoms. The summed E-state index contributed by atoms with van der Waals surface area (Å²) in [5.74, 6) is 1.86. The van der Waals surface area contributed by atoms with E-state index in [1.807, 2.05) is 11.0 Å². The molecule has 3 heterocycles. The molecule has 1 amide bonds. The van der Waals surface area contributed by atoms with E-state index in [1.54, 1.807) is 6.20 Å². The summed E-state index contributed by atoms with van der Waals surface area (Å²) in [6.07, 6.45) is 6.23. The number of nitrogens with one attached hydrogen (secondary N) is 1. The average molecular weight is 347 g/mol. The molecule has 7 nitrogen and oxygen atoms in total. The predicted molar refractivity (Wildman–Crippen MR) is 97.6 cm³/mol. The Morgan fingerprint density at radius 1 is 1.36 bits per heavy atom. The number of carbonyl (C=O) groups excluding carboxylic acids is 1. The van der Waals surface area contributed by atoms with Crippen LogP contribution in [-0.2, 0) is 4.79 Å². The van der Waals surface area contributed by atoms with Crippen LogP contribution in [-0.4, -0.2) is 65.2 Å². The second-order valence-electron chi connectivity index (χ2n) is 7.19. The summed E-state index contributed by atoms with van der Waals surface area (Å²) >= 11 is 0. The number of amides is 1. The van der Waals surface area contributed by atoms with Crippen LogP contribution in [0.25, 0.3) is 0 Å². The monoisotopic (exact) mass is 347 g/mol. The number of hydrogen-bond acceptors (Lipinski definition) is 6. The second-order valence-corrected chi connectivity index (χ2v) is 7.19. The van der Waals surface area contributed by atoms with E-state index in [4.69, 9.17) is 5.11 Å². The number of rotatable bonds is 6. The minimum Gasteiger partial charge on any atom is -0.396 e. The van der Waals surface area contributed by atoms with E-state index in [1.165, 1.54) is 0 Å². The zero-order valence-electron chi connectivity index (χ0n) is 15.1. The number of aliphatic hydroxyl groups is 1. The first-order valence-electron chi connectivity index (χ1n) is 9.36. The minimum atomic E-state index is 0.124. The van der Waals surface area contributed by atoms with Gasteiger partial charge < -0.3 is 20.2 Å². The largest absolute Gasteiger partial charge is 0.396 e. The van der Waals surface area contributed by atoms with Gasteiger partial charge in [0.1, 0.15) is 5.82 Å². The molecule has 1 unspecified atom stereocenters. The minimum absolute atomic E-state index is 0.124. The lowest BCUT2D eigenvalue weighted by Crippen LogP contribution is -2.54. The van der Waals surface area contributed by atoms with Crippen LogP contribution in [0, 0.1) is 5.41 Å². The van der Waals surface area contributed by atoms with Crippen LogP contribution in [0.2, 0.25) is 0 Å². The highest BCUT2D eigenvalue weighted by atomic mass is 16.3. The van der Waals surface area contributed by atoms with Gasteiger partial charge in [0.25, 0.3) is 0 Å². The van der Waals surface area contributed by atoms with Crippen molar-refractivity contribution in [3.05, 3.63) is 12.3 Å². The second kappa shape index (κ2) is 7.99. The number of carbonyl (C=O) groups is 1. The summed E-state index contributed by atoms with van der Waals surface area (Å²) in [5.41, 5.74) is 0.124. The molecule has 2 saturated heterocycles. The Morgan fingerprint density at radius 3 is 3.04 bits per heavy atom. The summed E-state index contributed by atoms with van der Waals surface area (Å²) in [5, 5.41) is 12.3. The fourth-order valence-corrected chi connectivity index (χ4v) is 4.06. The molecule has 0 aliphatic carbocycles. The van der Waals surface area contributed by atoms with Crippen LogP contribution in [0.4, 0.5) is 11.8 Å². The maximum atomic E-state index is 12.2. The van der Waals surface area contributed by atoms with Crippen LogP contribution in [0.1, 0.15) is 39.0 Å². The van der Waals surface area contributed by atoms with Gasteiger partial charge in [-0.15, -0.1) is 0 Å². The lowest BCUT2D eigenvalue weighted by atomic mass is 9.73. The van der Waals surface area contributed by atoms with Crippen LogP contribution in [0.3, 0.4) is 0 Å². The Kier molecular flexibility index (Phi) is 5.73. The van der Waals surface area contributed by atoms with E-state index in [9.17, 15) is 4.79 Å². The maximum absolute atomic E-state index is 12.2. The van der Waals surface area contributed by atoms with Gasteiger partial charge >= 0.3 is 0 Å². The number of aliphatic hydroxyl groups excluding tert-OH is 1. The molecular weight excluding hydrogens is 318 g/mol. The molecule has 0 bridgehead atoms. The molecule has 0 radical (unpaired) electrons. The van der Waals surface area contributed by atoms with Gasteiger partial charge in [-0.05, 0) is 38.7 Å². The summed E-state index contributed by atoms with van der Waals surface area (Å²) < 4.78 is 0. The number of anilines is 2. The Hall–Kier alpha value is -1.89. The van der Waals surface area contributed by atoms with E-state index < -0.39 is 0 Å². The zero-order valence-corrected chi connectivity index (χ0v) is 15.1. The third-order valence-corrected chi connectivity index (χ3v) is 5.28. The first-order chi connectivity index (χ1) is 12.2. The SMILES string of the molecule is CCNc1ccnc(N2CCCC3(CCC(=O)N(CCCO)C3)C2)n1. The molecule has 2 fully saturated rings. The van der Waals surface area contributed by atoms with Crippen molar-refractivity contribution < 1.29 is 9.90 Å². The molecular formula is C18H29N5O2. The van der Waals surface area contributed by atoms with E-state index in [0.717, 1.165) is 57.2 Å². The lowest BCUT2D eigenvalue weighted by Gasteiger charge is -2.48. The Bertz CT molecular complexity index is 597. The number of hydrogen-bond donors (Lipinski definition) is 2. The molecule has 7 heteroatoms. The van der Waals surface area contributed by atoms with E-state index in [2.05, 4.69) is 27.1 Å². The molecule has 1 aromatic heterocycles. The van der Waals surface area contributed by atoms with Crippen LogP contribution in [0.15, 0.2) is 12.3 Å². The highest BCUT2D eigenvalue weighted by Gasteiger charge is 2.42. The first-order valence-corrected chi connectivity index (χ1v) is 9.36. The number of nitrogens with zero attached hydrogens (tertiary/aromatic N) is 4. The van der Waals surface area contributed by atoms with Crippen LogP contribution < -0.4 is 10.2 Å². The van der Waals surface area contributed by atoms with E-state index in [0.29, 0.717) is 19.4 Å². The predicted octanol–water partition coefficient (Wildman–Crippen LogP) is 1.50. The standard InChI is InChI=1S/C18H29N5O2/c1-2-19-15-6-9-20-17(21-15)23-10-3-7-18(14-23)8-5-16(25)22(13-18)11-4-12-24/h6,9,24H,2-5,7-8,10-14H2,1H3,(H,19,20,21). The molecule has 0 saturated carbocycles. The van der Waals surface area contributed by atoms with Crippen molar-refractivity contribution in [2.75, 3.05) is 49.5 Å². The van der Waals surface area contributed by atoms with Crippen molar-refractivity contribution in [3.63, 3.8) is 0 Å². The molecule has 1 aromatic rings. The molecule has 0 aromatic carbocycles. The van der Waals surface area contributed by atoms with Gasteiger partial charge in [0.15, 0.2) is 0 Å². The molecule has 1 atom stereocenters. The fourth-order valence-electron chi connectivity index (χ4n) is 4.06. The highest BCUT2D eigenvalue weighted by molar-refractivity contribution is 5.77. The van der Waals surface area contributed by atoms with Gasteiger partial charge in [0.05, 0.1) is 0 Å². The smallest absolute Gasteiger partial charge is 0.227 e. The summed E-state index contributed by atoms with van der Waals surface area (Å²) in [6, 6.07) is 1.89. The van der Waals surface area contributed by atoms with Crippen molar-refractivity contribution in [2.45, 2.75) is 39.0 Å². The average Bonchev–Trinajstić information content (AvgIpc) is 2.63. The molecule has 3 rings (SSSR count). The highest BCUT2D eigenvalue weighted by Crippen LogP contribution is 2.39. The summed E-state index contributed by atoms with van der Waals surface area (Å²) in [7, 11) is 0. The molecule has 2 aliphatic rings. The van der Waals surface area contributed by atoms with Gasteiger partial charge in [-0.2, -0.15) is 4.98 Å². The molecule has 2 aliphatic heterocycles. The Labute approximate surface area is 149 Å². The van der Waals surface area contributed by atoms with Gasteiger partial charge in [0.2, 0.25) is 11.9 Å². The zero-order chi connectivity index (χ0) is 17.7. The van der Waals surface area contributed by atoms with Crippen molar-refractivity contribution >= 4 is 17.7 Å². The molecule has 25 heavy (non-hydrogen) atoms. The van der Waals surface area contributed by atoms with E-state index >= 15 is 0 Å². The molecule has 138 valence electrons. The van der Waals surface area contributed by atoms with Crippen molar-refractivity contribution in [1.29, 1.82) is 0 Å². The van der Waals surface area contributed by atoms with Gasteiger partial charge in [-0.25, -0.2) is 4.98 Å². The fraction of sp³-hybridized carbons (Fsp3) is 0.722. The van der Waals surface area contributed by atoms with Crippen LogP contribution in [0.5, 0.6) is 0 Å². The van der Waals surface area contributed by atoms with Crippen LogP contribution >= 0.6 is 0 Å². The van der Waals surface area contributed by atoms with E-state index in [-0.39, 0.29) is 17.9 Å². The summed E-state index contributed by atoms with van der Waals surface area (Å²) in [4.78, 5) is 25.5. The summed E-state index contributed by atoms with van der Waals surface area (Å²) in [6.45, 7) is 6.32. The normalized spacial score (nSPS) is 24.0. The molecule has 2 N–H and O–H groups in total. The number of likely N-dealkylation sites (tertiary alicyclic amines) is 1.